The van der Waals surface area contributed by atoms with Crippen LogP contribution in [0, 0.1) is 0 Å². The number of hydrogen-bond acceptors (Lipinski definition) is 7. The van der Waals surface area contributed by atoms with Gasteiger partial charge < -0.3 is 9.64 Å². The Balaban J connectivity index is 1.67. The Kier molecular flexibility index (Phi) is 4.64. The topological polar surface area (TPSA) is 110 Å². The van der Waals surface area contributed by atoms with Gasteiger partial charge in [0.25, 0.3) is 0 Å². The number of nitrogens with one attached hydrogen (secondary N) is 1. The molecule has 4 aromatic rings. The predicted molar refractivity (Wildman–Crippen MR) is 122 cm³/mol. The molecule has 1 N–H and O–H groups in total. The van der Waals surface area contributed by atoms with Crippen LogP contribution in [0.2, 0.25) is 0 Å². The number of nitrogens with zero attached hydrogens (tertiary/aromatic N) is 8. The van der Waals surface area contributed by atoms with E-state index in [4.69, 9.17) is 14.8 Å². The van der Waals surface area contributed by atoms with Crippen LogP contribution in [0.1, 0.15) is 19.8 Å². The maximum absolute atomic E-state index is 12.7. The molecule has 11 nitrogen and oxygen atoms in total. The van der Waals surface area contributed by atoms with Gasteiger partial charge >= 0.3 is 0 Å². The van der Waals surface area contributed by atoms with Gasteiger partial charge in [-0.15, -0.1) is 5.10 Å². The van der Waals surface area contributed by atoms with Gasteiger partial charge in [0, 0.05) is 44.4 Å². The molecule has 0 aliphatic carbocycles. The Hall–Kier alpha value is -3.73. The van der Waals surface area contributed by atoms with E-state index >= 15 is 0 Å². The normalized spacial score (nSPS) is 19.2. The highest BCUT2D eigenvalue weighted by Gasteiger charge is 2.31. The number of amides is 1. The van der Waals surface area contributed by atoms with Crippen molar-refractivity contribution in [3.05, 3.63) is 30.6 Å². The number of fused-ring (bicyclic) bond motifs is 1. The minimum absolute atomic E-state index is 0.0768. The van der Waals surface area contributed by atoms with Crippen LogP contribution in [0.15, 0.2) is 30.6 Å². The lowest BCUT2D eigenvalue weighted by atomic mass is 10.1. The van der Waals surface area contributed by atoms with Gasteiger partial charge in [-0.3, -0.25) is 19.5 Å². The standard InChI is InChI=1S/C22H25N9O2/c1-14-13-33-11-10-29(14)18-12-15(16-5-8-24-28(16)2)20-21(25-18)31(17-6-7-23-26-17)27-22(20)30-9-3-4-19(30)32/h5-8,12,14H,3-4,9-11,13H2,1-2H3,(H,23,26). The molecule has 2 fully saturated rings. The first-order chi connectivity index (χ1) is 16.1. The van der Waals surface area contributed by atoms with Crippen molar-refractivity contribution in [2.45, 2.75) is 25.8 Å². The molecule has 0 bridgehead atoms. The lowest BCUT2D eigenvalue weighted by Crippen LogP contribution is -2.44. The van der Waals surface area contributed by atoms with Crippen LogP contribution in [0.5, 0.6) is 0 Å². The lowest BCUT2D eigenvalue weighted by molar-refractivity contribution is -0.117. The highest BCUT2D eigenvalue weighted by molar-refractivity contribution is 6.08. The molecule has 4 aromatic heterocycles. The summed E-state index contributed by atoms with van der Waals surface area (Å²) in [4.78, 5) is 21.8. The Morgan fingerprint density at radius 2 is 2.12 bits per heavy atom. The third kappa shape index (κ3) is 3.18. The number of rotatable bonds is 4. The van der Waals surface area contributed by atoms with E-state index in [1.54, 1.807) is 22.0 Å². The van der Waals surface area contributed by atoms with Gasteiger partial charge in [-0.2, -0.15) is 14.9 Å². The molecule has 0 spiro atoms. The van der Waals surface area contributed by atoms with Crippen molar-refractivity contribution in [2.24, 2.45) is 7.05 Å². The highest BCUT2D eigenvalue weighted by atomic mass is 16.5. The van der Waals surface area contributed by atoms with E-state index in [-0.39, 0.29) is 11.9 Å². The van der Waals surface area contributed by atoms with Gasteiger partial charge in [0.1, 0.15) is 5.82 Å². The highest BCUT2D eigenvalue weighted by Crippen LogP contribution is 2.39. The second-order valence-corrected chi connectivity index (χ2v) is 8.51. The molecule has 2 aliphatic heterocycles. The smallest absolute Gasteiger partial charge is 0.228 e. The van der Waals surface area contributed by atoms with E-state index in [2.05, 4.69) is 33.2 Å². The fourth-order valence-electron chi connectivity index (χ4n) is 4.73. The number of aryl methyl sites for hydroxylation is 1. The van der Waals surface area contributed by atoms with Crippen LogP contribution in [0.25, 0.3) is 28.1 Å². The van der Waals surface area contributed by atoms with Crippen LogP contribution in [0.3, 0.4) is 0 Å². The molecule has 11 heteroatoms. The number of pyridine rings is 1. The average molecular weight is 448 g/mol. The zero-order chi connectivity index (χ0) is 22.5. The summed E-state index contributed by atoms with van der Waals surface area (Å²) in [7, 11) is 1.92. The van der Waals surface area contributed by atoms with Gasteiger partial charge in [0.2, 0.25) is 5.91 Å². The van der Waals surface area contributed by atoms with E-state index in [1.165, 1.54) is 0 Å². The Morgan fingerprint density at radius 3 is 2.82 bits per heavy atom. The number of aromatic amines is 1. The Bertz CT molecular complexity index is 1320. The zero-order valence-electron chi connectivity index (χ0n) is 18.6. The largest absolute Gasteiger partial charge is 0.377 e. The van der Waals surface area contributed by atoms with E-state index in [9.17, 15) is 4.79 Å². The third-order valence-corrected chi connectivity index (χ3v) is 6.41. The van der Waals surface area contributed by atoms with Gasteiger partial charge in [-0.05, 0) is 25.5 Å². The summed E-state index contributed by atoms with van der Waals surface area (Å²) in [6, 6.07) is 6.10. The van der Waals surface area contributed by atoms with E-state index < -0.39 is 0 Å². The van der Waals surface area contributed by atoms with Crippen LogP contribution >= 0.6 is 0 Å². The fourth-order valence-corrected chi connectivity index (χ4v) is 4.73. The van der Waals surface area contributed by atoms with Gasteiger partial charge in [0.05, 0.1) is 36.5 Å². The number of aromatic nitrogens is 7. The van der Waals surface area contributed by atoms with Gasteiger partial charge in [-0.1, -0.05) is 0 Å². The maximum atomic E-state index is 12.7. The van der Waals surface area contributed by atoms with E-state index in [0.29, 0.717) is 43.5 Å². The van der Waals surface area contributed by atoms with E-state index in [0.717, 1.165) is 35.4 Å². The van der Waals surface area contributed by atoms with Crippen molar-refractivity contribution in [1.29, 1.82) is 0 Å². The predicted octanol–water partition coefficient (Wildman–Crippen LogP) is 1.90. The van der Waals surface area contributed by atoms with Crippen molar-refractivity contribution in [3.8, 4) is 17.1 Å². The van der Waals surface area contributed by atoms with Crippen molar-refractivity contribution in [1.82, 2.24) is 34.7 Å². The molecule has 2 saturated heterocycles. The molecule has 0 aromatic carbocycles. The van der Waals surface area contributed by atoms with Crippen molar-refractivity contribution in [3.63, 3.8) is 0 Å². The summed E-state index contributed by atoms with van der Waals surface area (Å²) in [5, 5.41) is 17.2. The summed E-state index contributed by atoms with van der Waals surface area (Å²) in [5.41, 5.74) is 2.54. The second-order valence-electron chi connectivity index (χ2n) is 8.51. The number of carbonyl (C=O) groups is 1. The molecule has 1 atom stereocenters. The number of H-pyrrole nitrogens is 1. The van der Waals surface area contributed by atoms with Crippen molar-refractivity contribution in [2.75, 3.05) is 36.1 Å². The molecule has 6 heterocycles. The lowest BCUT2D eigenvalue weighted by Gasteiger charge is -2.34. The molecule has 6 rings (SSSR count). The van der Waals surface area contributed by atoms with Crippen LogP contribution in [-0.2, 0) is 16.6 Å². The Labute approximate surface area is 189 Å². The Morgan fingerprint density at radius 1 is 1.21 bits per heavy atom. The number of carbonyl (C=O) groups excluding carboxylic acids is 1. The summed E-state index contributed by atoms with van der Waals surface area (Å²) in [5.74, 6) is 2.23. The SMILES string of the molecule is CC1COCCN1c1cc(-c2ccnn2C)c2c(N3CCCC3=O)nn(-c3ccn[nH]3)c2n1. The monoisotopic (exact) mass is 447 g/mol. The summed E-state index contributed by atoms with van der Waals surface area (Å²) in [6.07, 6.45) is 4.80. The number of ether oxygens (including phenoxy) is 1. The maximum Gasteiger partial charge on any atom is 0.228 e. The molecule has 1 unspecified atom stereocenters. The minimum atomic E-state index is 0.0768. The quantitative estimate of drug-likeness (QED) is 0.509. The molecular formula is C22H25N9O2. The third-order valence-electron chi connectivity index (χ3n) is 6.41. The average Bonchev–Trinajstić information content (AvgIpc) is 3.60. The molecule has 33 heavy (non-hydrogen) atoms. The first-order valence-corrected chi connectivity index (χ1v) is 11.2. The van der Waals surface area contributed by atoms with Crippen LogP contribution in [-0.4, -0.2) is 73.0 Å². The van der Waals surface area contributed by atoms with Gasteiger partial charge in [-0.25, -0.2) is 4.98 Å². The molecule has 0 saturated carbocycles. The molecule has 1 amide bonds. The minimum Gasteiger partial charge on any atom is -0.377 e. The number of hydrogen-bond donors (Lipinski definition) is 1. The van der Waals surface area contributed by atoms with Crippen LogP contribution in [0.4, 0.5) is 11.6 Å². The van der Waals surface area contributed by atoms with Crippen LogP contribution < -0.4 is 9.80 Å². The number of morpholine rings is 1. The molecule has 0 radical (unpaired) electrons. The summed E-state index contributed by atoms with van der Waals surface area (Å²) in [6.45, 7) is 4.82. The number of anilines is 2. The molecule has 2 aliphatic rings. The van der Waals surface area contributed by atoms with Gasteiger partial charge in [0.15, 0.2) is 17.3 Å². The first-order valence-electron chi connectivity index (χ1n) is 11.2. The molecule has 170 valence electrons. The summed E-state index contributed by atoms with van der Waals surface area (Å²) >= 11 is 0. The second kappa shape index (κ2) is 7.69. The van der Waals surface area contributed by atoms with Crippen molar-refractivity contribution >= 4 is 28.6 Å². The molecular weight excluding hydrogens is 422 g/mol. The van der Waals surface area contributed by atoms with Crippen molar-refractivity contribution < 1.29 is 9.53 Å². The van der Waals surface area contributed by atoms with E-state index in [1.807, 2.05) is 23.9 Å². The zero-order valence-corrected chi connectivity index (χ0v) is 18.6. The fraction of sp³-hybridized carbons (Fsp3) is 0.409. The first kappa shape index (κ1) is 19.9. The summed E-state index contributed by atoms with van der Waals surface area (Å²) < 4.78 is 9.24.